The standard InChI is InChI=1S/C19H12N2O/c1-2-7-13-12(6-1)17-18(14-8-5-11-22-19(13)14)21-16-10-4-3-9-15(16)20-17/h1-10H,11H2. The fourth-order valence-electron chi connectivity index (χ4n) is 3.12. The number of hydrogen-bond donors (Lipinski definition) is 0. The van der Waals surface area contributed by atoms with Gasteiger partial charge < -0.3 is 4.74 Å². The highest BCUT2D eigenvalue weighted by molar-refractivity contribution is 6.12. The molecule has 5 rings (SSSR count). The van der Waals surface area contributed by atoms with Crippen LogP contribution in [0.2, 0.25) is 0 Å². The Labute approximate surface area is 126 Å². The molecule has 0 bridgehead atoms. The Kier molecular flexibility index (Phi) is 2.27. The highest BCUT2D eigenvalue weighted by Gasteiger charge is 2.18. The summed E-state index contributed by atoms with van der Waals surface area (Å²) in [5.41, 5.74) is 4.69. The minimum atomic E-state index is 0.601. The molecule has 0 spiro atoms. The van der Waals surface area contributed by atoms with Gasteiger partial charge in [0, 0.05) is 16.3 Å². The smallest absolute Gasteiger partial charge is 0.137 e. The first-order chi connectivity index (χ1) is 10.9. The van der Waals surface area contributed by atoms with Gasteiger partial charge in [0.05, 0.1) is 16.6 Å². The van der Waals surface area contributed by atoms with Gasteiger partial charge >= 0.3 is 0 Å². The maximum atomic E-state index is 5.90. The third kappa shape index (κ3) is 1.51. The largest absolute Gasteiger partial charge is 0.488 e. The van der Waals surface area contributed by atoms with E-state index in [0.717, 1.165) is 44.2 Å². The molecule has 104 valence electrons. The second kappa shape index (κ2) is 4.28. The lowest BCUT2D eigenvalue weighted by atomic mass is 10.0. The van der Waals surface area contributed by atoms with Crippen LogP contribution in [0.1, 0.15) is 5.56 Å². The lowest BCUT2D eigenvalue weighted by molar-refractivity contribution is 0.363. The van der Waals surface area contributed by atoms with Gasteiger partial charge in [0.25, 0.3) is 0 Å². The summed E-state index contributed by atoms with van der Waals surface area (Å²) in [5, 5.41) is 2.18. The molecule has 0 amide bonds. The number of ether oxygens (including phenoxy) is 1. The van der Waals surface area contributed by atoms with Gasteiger partial charge in [0.2, 0.25) is 0 Å². The van der Waals surface area contributed by atoms with Gasteiger partial charge in [-0.1, -0.05) is 36.4 Å². The predicted octanol–water partition coefficient (Wildman–Crippen LogP) is 4.34. The molecule has 1 aliphatic heterocycles. The van der Waals surface area contributed by atoms with Crippen molar-refractivity contribution in [3.8, 4) is 5.75 Å². The molecule has 0 radical (unpaired) electrons. The second-order valence-corrected chi connectivity index (χ2v) is 5.41. The first-order valence-corrected chi connectivity index (χ1v) is 7.32. The molecule has 0 saturated carbocycles. The van der Waals surface area contributed by atoms with Crippen molar-refractivity contribution in [3.05, 3.63) is 60.2 Å². The number of para-hydroxylation sites is 2. The number of hydrogen-bond acceptors (Lipinski definition) is 3. The summed E-state index contributed by atoms with van der Waals surface area (Å²) in [6.45, 7) is 0.601. The van der Waals surface area contributed by atoms with Crippen LogP contribution in [-0.4, -0.2) is 16.6 Å². The van der Waals surface area contributed by atoms with Crippen LogP contribution in [0.3, 0.4) is 0 Å². The number of fused-ring (bicyclic) bond motifs is 7. The minimum Gasteiger partial charge on any atom is -0.488 e. The molecule has 0 N–H and O–H groups in total. The number of nitrogens with zero attached hydrogens (tertiary/aromatic N) is 2. The van der Waals surface area contributed by atoms with Gasteiger partial charge in [-0.2, -0.15) is 0 Å². The Balaban J connectivity index is 2.09. The van der Waals surface area contributed by atoms with E-state index in [2.05, 4.69) is 18.2 Å². The predicted molar refractivity (Wildman–Crippen MR) is 89.1 cm³/mol. The molecule has 3 aromatic carbocycles. The van der Waals surface area contributed by atoms with E-state index in [0.29, 0.717) is 6.61 Å². The van der Waals surface area contributed by atoms with Crippen molar-refractivity contribution in [2.75, 3.05) is 6.61 Å². The summed E-state index contributed by atoms with van der Waals surface area (Å²) >= 11 is 0. The number of aromatic nitrogens is 2. The van der Waals surface area contributed by atoms with Crippen molar-refractivity contribution in [1.82, 2.24) is 9.97 Å². The minimum absolute atomic E-state index is 0.601. The summed E-state index contributed by atoms with van der Waals surface area (Å²) in [7, 11) is 0. The van der Waals surface area contributed by atoms with Gasteiger partial charge in [0.15, 0.2) is 0 Å². The topological polar surface area (TPSA) is 35.0 Å². The first-order valence-electron chi connectivity index (χ1n) is 7.32. The van der Waals surface area contributed by atoms with Crippen LogP contribution in [0.5, 0.6) is 5.75 Å². The molecule has 2 heterocycles. The zero-order valence-corrected chi connectivity index (χ0v) is 11.8. The molecule has 22 heavy (non-hydrogen) atoms. The van der Waals surface area contributed by atoms with Crippen LogP contribution in [0, 0.1) is 0 Å². The summed E-state index contributed by atoms with van der Waals surface area (Å²) in [4.78, 5) is 9.71. The molecule has 3 nitrogen and oxygen atoms in total. The van der Waals surface area contributed by atoms with Crippen LogP contribution < -0.4 is 4.74 Å². The van der Waals surface area contributed by atoms with E-state index >= 15 is 0 Å². The quantitative estimate of drug-likeness (QED) is 0.356. The average molecular weight is 284 g/mol. The molecular formula is C19H12N2O. The van der Waals surface area contributed by atoms with Crippen molar-refractivity contribution in [2.24, 2.45) is 0 Å². The monoisotopic (exact) mass is 284 g/mol. The van der Waals surface area contributed by atoms with Gasteiger partial charge in [-0.25, -0.2) is 9.97 Å². The number of benzene rings is 3. The summed E-state index contributed by atoms with van der Waals surface area (Å²) in [6.07, 6.45) is 4.12. The maximum Gasteiger partial charge on any atom is 0.137 e. The van der Waals surface area contributed by atoms with Crippen LogP contribution in [-0.2, 0) is 0 Å². The SMILES string of the molecule is C1=Cc2c(c3ccccc3c3nc4ccccc4nc23)OC1. The Hall–Kier alpha value is -2.94. The van der Waals surface area contributed by atoms with E-state index in [9.17, 15) is 0 Å². The van der Waals surface area contributed by atoms with E-state index in [4.69, 9.17) is 14.7 Å². The third-order valence-electron chi connectivity index (χ3n) is 4.11. The Bertz CT molecular complexity index is 1080. The normalized spacial score (nSPS) is 13.5. The first kappa shape index (κ1) is 11.7. The van der Waals surface area contributed by atoms with Crippen molar-refractivity contribution in [2.45, 2.75) is 0 Å². The average Bonchev–Trinajstić information content (AvgIpc) is 2.61. The van der Waals surface area contributed by atoms with E-state index in [-0.39, 0.29) is 0 Å². The molecule has 0 fully saturated rings. The van der Waals surface area contributed by atoms with E-state index < -0.39 is 0 Å². The molecule has 0 atom stereocenters. The van der Waals surface area contributed by atoms with Crippen LogP contribution in [0.15, 0.2) is 54.6 Å². The van der Waals surface area contributed by atoms with Gasteiger partial charge in [0.1, 0.15) is 17.9 Å². The zero-order chi connectivity index (χ0) is 14.5. The van der Waals surface area contributed by atoms with E-state index in [1.54, 1.807) is 0 Å². The molecular weight excluding hydrogens is 272 g/mol. The van der Waals surface area contributed by atoms with Gasteiger partial charge in [-0.3, -0.25) is 0 Å². The summed E-state index contributed by atoms with van der Waals surface area (Å²) in [5.74, 6) is 0.912. The second-order valence-electron chi connectivity index (χ2n) is 5.41. The van der Waals surface area contributed by atoms with Crippen molar-refractivity contribution >= 4 is 38.9 Å². The van der Waals surface area contributed by atoms with Crippen molar-refractivity contribution in [1.29, 1.82) is 0 Å². The fourth-order valence-corrected chi connectivity index (χ4v) is 3.12. The highest BCUT2D eigenvalue weighted by Crippen LogP contribution is 2.39. The van der Waals surface area contributed by atoms with Crippen LogP contribution >= 0.6 is 0 Å². The van der Waals surface area contributed by atoms with Gasteiger partial charge in [-0.05, 0) is 24.3 Å². The molecule has 4 aromatic rings. The van der Waals surface area contributed by atoms with Crippen LogP contribution in [0.25, 0.3) is 38.9 Å². The third-order valence-corrected chi connectivity index (χ3v) is 4.11. The Morgan fingerprint density at radius 2 is 1.45 bits per heavy atom. The molecule has 3 heteroatoms. The van der Waals surface area contributed by atoms with E-state index in [1.165, 1.54) is 0 Å². The Morgan fingerprint density at radius 1 is 0.773 bits per heavy atom. The fraction of sp³-hybridized carbons (Fsp3) is 0.0526. The molecule has 0 aliphatic carbocycles. The summed E-state index contributed by atoms with van der Waals surface area (Å²) in [6, 6.07) is 16.2. The maximum absolute atomic E-state index is 5.90. The van der Waals surface area contributed by atoms with Crippen molar-refractivity contribution < 1.29 is 4.74 Å². The Morgan fingerprint density at radius 3 is 2.27 bits per heavy atom. The molecule has 1 aliphatic rings. The molecule has 0 saturated heterocycles. The van der Waals surface area contributed by atoms with E-state index in [1.807, 2.05) is 42.5 Å². The molecule has 1 aromatic heterocycles. The summed E-state index contributed by atoms with van der Waals surface area (Å²) < 4.78 is 5.90. The molecule has 0 unspecified atom stereocenters. The van der Waals surface area contributed by atoms with Crippen LogP contribution in [0.4, 0.5) is 0 Å². The number of rotatable bonds is 0. The van der Waals surface area contributed by atoms with Crippen molar-refractivity contribution in [3.63, 3.8) is 0 Å². The highest BCUT2D eigenvalue weighted by atomic mass is 16.5. The van der Waals surface area contributed by atoms with Gasteiger partial charge in [-0.15, -0.1) is 0 Å². The zero-order valence-electron chi connectivity index (χ0n) is 11.8. The lowest BCUT2D eigenvalue weighted by Gasteiger charge is -2.17. The lowest BCUT2D eigenvalue weighted by Crippen LogP contribution is -2.03.